The zero-order valence-electron chi connectivity index (χ0n) is 14.6. The standard InChI is InChI=1S/C19H31N3O/c1-3-22(2)15-17-10-8-9-16(13-17)14-20-19(23)21-18-11-6-4-5-7-12-18/h8-10,13,18H,3-7,11-12,14-15H2,1-2H3,(H2,20,21,23). The lowest BCUT2D eigenvalue weighted by Gasteiger charge is -2.17. The zero-order valence-corrected chi connectivity index (χ0v) is 14.6. The summed E-state index contributed by atoms with van der Waals surface area (Å²) in [4.78, 5) is 14.3. The van der Waals surface area contributed by atoms with Crippen LogP contribution in [-0.4, -0.2) is 30.6 Å². The molecule has 4 nitrogen and oxygen atoms in total. The molecule has 1 aromatic carbocycles. The number of benzene rings is 1. The molecule has 4 heteroatoms. The van der Waals surface area contributed by atoms with Crippen LogP contribution >= 0.6 is 0 Å². The number of nitrogens with zero attached hydrogens (tertiary/aromatic N) is 1. The molecule has 1 aliphatic rings. The van der Waals surface area contributed by atoms with Gasteiger partial charge in [-0.25, -0.2) is 4.79 Å². The summed E-state index contributed by atoms with van der Waals surface area (Å²) in [6.07, 6.45) is 7.31. The second-order valence-electron chi connectivity index (χ2n) is 6.67. The van der Waals surface area contributed by atoms with E-state index in [0.717, 1.165) is 31.5 Å². The van der Waals surface area contributed by atoms with Crippen LogP contribution in [0.4, 0.5) is 4.79 Å². The summed E-state index contributed by atoms with van der Waals surface area (Å²) in [5.74, 6) is 0. The molecule has 0 atom stereocenters. The molecule has 0 bridgehead atoms. The van der Waals surface area contributed by atoms with Gasteiger partial charge in [0.2, 0.25) is 0 Å². The molecule has 2 N–H and O–H groups in total. The minimum atomic E-state index is -0.0343. The first-order chi connectivity index (χ1) is 11.2. The second-order valence-corrected chi connectivity index (χ2v) is 6.67. The Bertz CT molecular complexity index is 481. The molecule has 1 fully saturated rings. The number of rotatable bonds is 6. The average Bonchev–Trinajstić information content (AvgIpc) is 2.82. The Morgan fingerprint density at radius 2 is 1.87 bits per heavy atom. The van der Waals surface area contributed by atoms with Gasteiger partial charge in [-0.15, -0.1) is 0 Å². The Balaban J connectivity index is 1.78. The number of hydrogen-bond donors (Lipinski definition) is 2. The summed E-state index contributed by atoms with van der Waals surface area (Å²) in [6.45, 7) is 4.72. The number of amides is 2. The maximum atomic E-state index is 12.1. The van der Waals surface area contributed by atoms with Gasteiger partial charge in [-0.05, 0) is 37.6 Å². The van der Waals surface area contributed by atoms with Crippen molar-refractivity contribution in [3.63, 3.8) is 0 Å². The number of nitrogens with one attached hydrogen (secondary N) is 2. The van der Waals surface area contributed by atoms with E-state index in [4.69, 9.17) is 0 Å². The summed E-state index contributed by atoms with van der Waals surface area (Å²) in [5.41, 5.74) is 2.45. The molecule has 2 amide bonds. The molecule has 128 valence electrons. The minimum Gasteiger partial charge on any atom is -0.335 e. The number of urea groups is 1. The maximum absolute atomic E-state index is 12.1. The van der Waals surface area contributed by atoms with Gasteiger partial charge in [0.05, 0.1) is 0 Å². The van der Waals surface area contributed by atoms with Crippen LogP contribution in [0, 0.1) is 0 Å². The van der Waals surface area contributed by atoms with E-state index in [1.165, 1.54) is 31.2 Å². The SMILES string of the molecule is CCN(C)Cc1cccc(CNC(=O)NC2CCCCCC2)c1. The number of carbonyl (C=O) groups excluding carboxylic acids is 1. The Morgan fingerprint density at radius 1 is 1.17 bits per heavy atom. The highest BCUT2D eigenvalue weighted by Gasteiger charge is 2.14. The van der Waals surface area contributed by atoms with Gasteiger partial charge in [-0.2, -0.15) is 0 Å². The fraction of sp³-hybridized carbons (Fsp3) is 0.632. The zero-order chi connectivity index (χ0) is 16.5. The molecule has 1 aromatic rings. The second kappa shape index (κ2) is 9.56. The van der Waals surface area contributed by atoms with Crippen molar-refractivity contribution in [2.24, 2.45) is 0 Å². The molecule has 0 aromatic heterocycles. The number of carbonyl (C=O) groups is 1. The van der Waals surface area contributed by atoms with E-state index in [1.54, 1.807) is 0 Å². The van der Waals surface area contributed by atoms with Crippen molar-refractivity contribution in [2.75, 3.05) is 13.6 Å². The Kier molecular flexibility index (Phi) is 7.40. The van der Waals surface area contributed by atoms with Crippen LogP contribution < -0.4 is 10.6 Å². The lowest BCUT2D eigenvalue weighted by Crippen LogP contribution is -2.41. The molecule has 0 saturated heterocycles. The van der Waals surface area contributed by atoms with E-state index in [-0.39, 0.29) is 6.03 Å². The van der Waals surface area contributed by atoms with Crippen LogP contribution in [-0.2, 0) is 13.1 Å². The Morgan fingerprint density at radius 3 is 2.57 bits per heavy atom. The van der Waals surface area contributed by atoms with Gasteiger partial charge in [-0.1, -0.05) is 56.9 Å². The van der Waals surface area contributed by atoms with Gasteiger partial charge in [0.25, 0.3) is 0 Å². The molecule has 0 spiro atoms. The van der Waals surface area contributed by atoms with E-state index >= 15 is 0 Å². The third-order valence-corrected chi connectivity index (χ3v) is 4.63. The first-order valence-electron chi connectivity index (χ1n) is 8.98. The molecule has 23 heavy (non-hydrogen) atoms. The van der Waals surface area contributed by atoms with Crippen molar-refractivity contribution in [3.8, 4) is 0 Å². The van der Waals surface area contributed by atoms with Crippen molar-refractivity contribution in [3.05, 3.63) is 35.4 Å². The van der Waals surface area contributed by atoms with Crippen LogP contribution in [0.2, 0.25) is 0 Å². The van der Waals surface area contributed by atoms with Crippen LogP contribution in [0.3, 0.4) is 0 Å². The van der Waals surface area contributed by atoms with E-state index in [0.29, 0.717) is 12.6 Å². The van der Waals surface area contributed by atoms with Crippen molar-refractivity contribution in [2.45, 2.75) is 64.6 Å². The number of hydrogen-bond acceptors (Lipinski definition) is 2. The molecule has 0 heterocycles. The summed E-state index contributed by atoms with van der Waals surface area (Å²) < 4.78 is 0. The fourth-order valence-corrected chi connectivity index (χ4v) is 3.10. The molecule has 0 unspecified atom stereocenters. The molecule has 0 radical (unpaired) electrons. The lowest BCUT2D eigenvalue weighted by atomic mass is 10.1. The third-order valence-electron chi connectivity index (χ3n) is 4.63. The normalized spacial score (nSPS) is 16.1. The Hall–Kier alpha value is -1.55. The molecular weight excluding hydrogens is 286 g/mol. The maximum Gasteiger partial charge on any atom is 0.315 e. The van der Waals surface area contributed by atoms with Gasteiger partial charge < -0.3 is 15.5 Å². The van der Waals surface area contributed by atoms with E-state index in [2.05, 4.69) is 53.8 Å². The van der Waals surface area contributed by atoms with E-state index in [9.17, 15) is 4.79 Å². The quantitative estimate of drug-likeness (QED) is 0.786. The summed E-state index contributed by atoms with van der Waals surface area (Å²) in [6, 6.07) is 8.77. The van der Waals surface area contributed by atoms with Crippen LogP contribution in [0.1, 0.15) is 56.6 Å². The third kappa shape index (κ3) is 6.61. The van der Waals surface area contributed by atoms with Gasteiger partial charge >= 0.3 is 6.03 Å². The lowest BCUT2D eigenvalue weighted by molar-refractivity contribution is 0.235. The topological polar surface area (TPSA) is 44.4 Å². The highest BCUT2D eigenvalue weighted by Crippen LogP contribution is 2.17. The molecule has 1 saturated carbocycles. The van der Waals surface area contributed by atoms with Crippen molar-refractivity contribution >= 4 is 6.03 Å². The molecule has 2 rings (SSSR count). The largest absolute Gasteiger partial charge is 0.335 e. The smallest absolute Gasteiger partial charge is 0.315 e. The van der Waals surface area contributed by atoms with Gasteiger partial charge in [0, 0.05) is 19.1 Å². The van der Waals surface area contributed by atoms with E-state index < -0.39 is 0 Å². The monoisotopic (exact) mass is 317 g/mol. The first-order valence-corrected chi connectivity index (χ1v) is 8.98. The summed E-state index contributed by atoms with van der Waals surface area (Å²) in [5, 5.41) is 6.12. The predicted octanol–water partition coefficient (Wildman–Crippen LogP) is 3.66. The van der Waals surface area contributed by atoms with Gasteiger partial charge in [-0.3, -0.25) is 0 Å². The van der Waals surface area contributed by atoms with Gasteiger partial charge in [0.1, 0.15) is 0 Å². The van der Waals surface area contributed by atoms with Crippen molar-refractivity contribution in [1.29, 1.82) is 0 Å². The molecular formula is C19H31N3O. The van der Waals surface area contributed by atoms with Crippen molar-refractivity contribution in [1.82, 2.24) is 15.5 Å². The van der Waals surface area contributed by atoms with Gasteiger partial charge in [0.15, 0.2) is 0 Å². The highest BCUT2D eigenvalue weighted by molar-refractivity contribution is 5.74. The summed E-state index contributed by atoms with van der Waals surface area (Å²) in [7, 11) is 2.12. The average molecular weight is 317 g/mol. The minimum absolute atomic E-state index is 0.0343. The summed E-state index contributed by atoms with van der Waals surface area (Å²) >= 11 is 0. The van der Waals surface area contributed by atoms with Crippen LogP contribution in [0.25, 0.3) is 0 Å². The fourth-order valence-electron chi connectivity index (χ4n) is 3.10. The Labute approximate surface area is 140 Å². The van der Waals surface area contributed by atoms with Crippen LogP contribution in [0.15, 0.2) is 24.3 Å². The predicted molar refractivity (Wildman–Crippen MR) is 95.3 cm³/mol. The van der Waals surface area contributed by atoms with Crippen molar-refractivity contribution < 1.29 is 4.79 Å². The molecule has 1 aliphatic carbocycles. The first kappa shape index (κ1) is 17.8. The molecule has 0 aliphatic heterocycles. The highest BCUT2D eigenvalue weighted by atomic mass is 16.2. The van der Waals surface area contributed by atoms with E-state index in [1.807, 2.05) is 0 Å². The van der Waals surface area contributed by atoms with Crippen LogP contribution in [0.5, 0.6) is 0 Å².